The molecule has 0 spiro atoms. The van der Waals surface area contributed by atoms with Gasteiger partial charge in [-0.15, -0.1) is 0 Å². The van der Waals surface area contributed by atoms with Crippen LogP contribution in [0.3, 0.4) is 0 Å². The van der Waals surface area contributed by atoms with E-state index >= 15 is 0 Å². The van der Waals surface area contributed by atoms with Crippen molar-refractivity contribution in [3.05, 3.63) is 29.8 Å². The van der Waals surface area contributed by atoms with Crippen LogP contribution in [0.2, 0.25) is 0 Å². The molecule has 0 fully saturated rings. The number of nitrogens with two attached hydrogens (primary N) is 1. The molecule has 2 N–H and O–H groups in total. The van der Waals surface area contributed by atoms with Crippen LogP contribution < -0.4 is 10.6 Å². The highest BCUT2D eigenvalue weighted by atomic mass is 19.4. The fourth-order valence-electron chi connectivity index (χ4n) is 1.07. The van der Waals surface area contributed by atoms with E-state index in [-0.39, 0.29) is 12.1 Å². The Morgan fingerprint density at radius 2 is 2.00 bits per heavy atom. The first-order valence-electron chi connectivity index (χ1n) is 4.07. The minimum absolute atomic E-state index is 0.0534. The Balaban J connectivity index is 3.16. The molecule has 16 heavy (non-hydrogen) atoms. The summed E-state index contributed by atoms with van der Waals surface area (Å²) < 4.78 is 36.9. The van der Waals surface area contributed by atoms with Gasteiger partial charge in [0, 0.05) is 0 Å². The molecule has 1 aromatic rings. The van der Waals surface area contributed by atoms with Gasteiger partial charge in [-0.25, -0.2) is 9.69 Å². The second-order valence-corrected chi connectivity index (χ2v) is 2.86. The Morgan fingerprint density at radius 1 is 1.38 bits per heavy atom. The average Bonchev–Trinajstić information content (AvgIpc) is 2.17. The number of halogens is 3. The lowest BCUT2D eigenvalue weighted by Crippen LogP contribution is -2.34. The monoisotopic (exact) mass is 232 g/mol. The predicted octanol–water partition coefficient (Wildman–Crippen LogP) is 1.75. The van der Waals surface area contributed by atoms with Crippen molar-refractivity contribution in [1.29, 1.82) is 0 Å². The maximum atomic E-state index is 12.3. The lowest BCUT2D eigenvalue weighted by molar-refractivity contribution is -0.137. The summed E-state index contributed by atoms with van der Waals surface area (Å²) in [5, 5.41) is 0. The number of carbonyl (C=O) groups excluding carboxylic acids is 2. The highest BCUT2D eigenvalue weighted by Crippen LogP contribution is 2.31. The van der Waals surface area contributed by atoms with Crippen LogP contribution in [0, 0.1) is 0 Å². The van der Waals surface area contributed by atoms with E-state index in [1.807, 2.05) is 0 Å². The summed E-state index contributed by atoms with van der Waals surface area (Å²) in [6.07, 6.45) is -4.49. The number of nitrogens with zero attached hydrogens (tertiary/aromatic N) is 1. The largest absolute Gasteiger partial charge is 0.416 e. The van der Waals surface area contributed by atoms with Gasteiger partial charge in [-0.1, -0.05) is 6.07 Å². The third-order valence-corrected chi connectivity index (χ3v) is 1.79. The normalized spacial score (nSPS) is 10.9. The minimum Gasteiger partial charge on any atom is -0.351 e. The number of benzene rings is 1. The fourth-order valence-corrected chi connectivity index (χ4v) is 1.07. The summed E-state index contributed by atoms with van der Waals surface area (Å²) >= 11 is 0. The Hall–Kier alpha value is -2.05. The molecule has 0 aromatic heterocycles. The van der Waals surface area contributed by atoms with Crippen LogP contribution in [-0.2, 0) is 11.0 Å². The van der Waals surface area contributed by atoms with Crippen LogP contribution >= 0.6 is 0 Å². The first-order valence-corrected chi connectivity index (χ1v) is 4.07. The zero-order valence-corrected chi connectivity index (χ0v) is 7.86. The Morgan fingerprint density at radius 3 is 2.44 bits per heavy atom. The molecule has 0 aliphatic heterocycles. The van der Waals surface area contributed by atoms with Crippen molar-refractivity contribution in [1.82, 2.24) is 0 Å². The number of anilines is 1. The molecule has 0 heterocycles. The van der Waals surface area contributed by atoms with Gasteiger partial charge in [0.1, 0.15) is 0 Å². The summed E-state index contributed by atoms with van der Waals surface area (Å²) in [7, 11) is 0. The Labute approximate surface area is 88.4 Å². The zero-order valence-electron chi connectivity index (χ0n) is 7.86. The standard InChI is InChI=1S/C9H7F3N2O2/c10-9(11,12)6-2-1-3-7(4-6)14(5-15)8(13)16/h1-5H,(H2,13,16). The molecule has 3 amide bonds. The molecule has 0 radical (unpaired) electrons. The molecule has 0 saturated carbocycles. The number of alkyl halides is 3. The van der Waals surface area contributed by atoms with E-state index in [9.17, 15) is 22.8 Å². The smallest absolute Gasteiger partial charge is 0.351 e. The maximum Gasteiger partial charge on any atom is 0.416 e. The first kappa shape index (κ1) is 12.0. The summed E-state index contributed by atoms with van der Waals surface area (Å²) in [5.41, 5.74) is 3.63. The predicted molar refractivity (Wildman–Crippen MR) is 49.6 cm³/mol. The van der Waals surface area contributed by atoms with Gasteiger partial charge in [0.2, 0.25) is 6.41 Å². The van der Waals surface area contributed by atoms with E-state index in [2.05, 4.69) is 0 Å². The molecule has 1 rings (SSSR count). The van der Waals surface area contributed by atoms with Gasteiger partial charge in [0.05, 0.1) is 11.3 Å². The van der Waals surface area contributed by atoms with Gasteiger partial charge in [-0.3, -0.25) is 4.79 Å². The maximum absolute atomic E-state index is 12.3. The molecular weight excluding hydrogens is 225 g/mol. The average molecular weight is 232 g/mol. The second-order valence-electron chi connectivity index (χ2n) is 2.86. The molecule has 0 atom stereocenters. The van der Waals surface area contributed by atoms with E-state index in [0.717, 1.165) is 12.1 Å². The van der Waals surface area contributed by atoms with Gasteiger partial charge >= 0.3 is 12.2 Å². The van der Waals surface area contributed by atoms with Crippen molar-refractivity contribution in [3.63, 3.8) is 0 Å². The molecule has 86 valence electrons. The Kier molecular flexibility index (Phi) is 3.17. The summed E-state index contributed by atoms with van der Waals surface area (Å²) in [6.45, 7) is 0. The third kappa shape index (κ3) is 2.50. The highest BCUT2D eigenvalue weighted by Gasteiger charge is 2.31. The van der Waals surface area contributed by atoms with Gasteiger partial charge in [-0.05, 0) is 18.2 Å². The summed E-state index contributed by atoms with van der Waals surface area (Å²) in [5.74, 6) is 0. The van der Waals surface area contributed by atoms with Crippen LogP contribution in [0.15, 0.2) is 24.3 Å². The number of amides is 3. The summed E-state index contributed by atoms with van der Waals surface area (Å²) in [6, 6.07) is 2.60. The summed E-state index contributed by atoms with van der Waals surface area (Å²) in [4.78, 5) is 21.6. The van der Waals surface area contributed by atoms with Crippen molar-refractivity contribution in [2.75, 3.05) is 4.90 Å². The Bertz CT molecular complexity index is 417. The molecular formula is C9H7F3N2O2. The molecule has 4 nitrogen and oxygen atoms in total. The van der Waals surface area contributed by atoms with Crippen LogP contribution in [0.1, 0.15) is 5.56 Å². The van der Waals surface area contributed by atoms with E-state index in [0.29, 0.717) is 11.0 Å². The van der Waals surface area contributed by atoms with E-state index in [4.69, 9.17) is 5.73 Å². The minimum atomic E-state index is -4.54. The number of imide groups is 1. The van der Waals surface area contributed by atoms with Gasteiger partial charge in [-0.2, -0.15) is 13.2 Å². The van der Waals surface area contributed by atoms with Crippen molar-refractivity contribution in [2.24, 2.45) is 5.73 Å². The SMILES string of the molecule is NC(=O)N(C=O)c1cccc(C(F)(F)F)c1. The fraction of sp³-hybridized carbons (Fsp3) is 0.111. The molecule has 0 bridgehead atoms. The third-order valence-electron chi connectivity index (χ3n) is 1.79. The lowest BCUT2D eigenvalue weighted by Gasteiger charge is -2.14. The molecule has 7 heteroatoms. The number of hydrogen-bond acceptors (Lipinski definition) is 2. The second kappa shape index (κ2) is 4.21. The molecule has 0 saturated heterocycles. The number of carbonyl (C=O) groups is 2. The first-order chi connectivity index (χ1) is 7.36. The van der Waals surface area contributed by atoms with Gasteiger partial charge in [0.15, 0.2) is 0 Å². The highest BCUT2D eigenvalue weighted by molar-refractivity contribution is 6.05. The van der Waals surface area contributed by atoms with Crippen LogP contribution in [-0.4, -0.2) is 12.4 Å². The zero-order chi connectivity index (χ0) is 12.3. The van der Waals surface area contributed by atoms with Crippen molar-refractivity contribution < 1.29 is 22.8 Å². The number of primary amides is 1. The number of rotatable bonds is 2. The van der Waals surface area contributed by atoms with Crippen molar-refractivity contribution >= 4 is 18.1 Å². The van der Waals surface area contributed by atoms with E-state index in [1.165, 1.54) is 6.07 Å². The molecule has 0 unspecified atom stereocenters. The van der Waals surface area contributed by atoms with Crippen LogP contribution in [0.5, 0.6) is 0 Å². The van der Waals surface area contributed by atoms with Crippen molar-refractivity contribution in [3.8, 4) is 0 Å². The van der Waals surface area contributed by atoms with Crippen LogP contribution in [0.25, 0.3) is 0 Å². The molecule has 0 aliphatic rings. The quantitative estimate of drug-likeness (QED) is 0.789. The topological polar surface area (TPSA) is 63.4 Å². The van der Waals surface area contributed by atoms with Crippen LogP contribution in [0.4, 0.5) is 23.7 Å². The van der Waals surface area contributed by atoms with E-state index in [1.54, 1.807) is 0 Å². The molecule has 1 aromatic carbocycles. The van der Waals surface area contributed by atoms with Gasteiger partial charge in [0.25, 0.3) is 0 Å². The van der Waals surface area contributed by atoms with E-state index < -0.39 is 17.8 Å². The number of hydrogen-bond donors (Lipinski definition) is 1. The lowest BCUT2D eigenvalue weighted by atomic mass is 10.2. The van der Waals surface area contributed by atoms with Gasteiger partial charge < -0.3 is 5.73 Å². The number of urea groups is 1. The van der Waals surface area contributed by atoms with Crippen molar-refractivity contribution in [2.45, 2.75) is 6.18 Å². The molecule has 0 aliphatic carbocycles.